The topological polar surface area (TPSA) is 61.6 Å². The van der Waals surface area contributed by atoms with E-state index in [0.29, 0.717) is 19.5 Å². The molecule has 0 atom stereocenters. The number of hydrogen-bond acceptors (Lipinski definition) is 4. The number of rotatable bonds is 5. The number of aliphatic hydroxyl groups excluding tert-OH is 1. The predicted octanol–water partition coefficient (Wildman–Crippen LogP) is -0.590. The molecule has 1 fully saturated rings. The first-order valence-electron chi connectivity index (χ1n) is 6.38. The van der Waals surface area contributed by atoms with E-state index in [1.807, 2.05) is 17.2 Å². The molecule has 0 bridgehead atoms. The fraction of sp³-hybridized carbons (Fsp3) is 0.667. The van der Waals surface area contributed by atoms with E-state index in [4.69, 9.17) is 5.11 Å². The van der Waals surface area contributed by atoms with E-state index in [1.165, 1.54) is 0 Å². The second-order valence-corrected chi connectivity index (χ2v) is 4.47. The van der Waals surface area contributed by atoms with Crippen molar-refractivity contribution in [2.45, 2.75) is 13.0 Å². The summed E-state index contributed by atoms with van der Waals surface area (Å²) in [6.45, 7) is 4.77. The van der Waals surface area contributed by atoms with Gasteiger partial charge in [-0.05, 0) is 6.07 Å². The zero-order chi connectivity index (χ0) is 12.8. The van der Waals surface area contributed by atoms with Crippen LogP contribution in [-0.4, -0.2) is 69.9 Å². The lowest BCUT2D eigenvalue weighted by Gasteiger charge is -2.34. The summed E-state index contributed by atoms with van der Waals surface area (Å²) in [6, 6.07) is 1.86. The van der Waals surface area contributed by atoms with Crippen molar-refractivity contribution in [1.29, 1.82) is 0 Å². The number of aromatic nitrogens is 2. The maximum absolute atomic E-state index is 12.0. The molecule has 2 heterocycles. The SMILES string of the molecule is O=C(CCn1cccn1)N1CCN(CCO)CC1. The molecule has 0 radical (unpaired) electrons. The van der Waals surface area contributed by atoms with Crippen molar-refractivity contribution in [1.82, 2.24) is 19.6 Å². The van der Waals surface area contributed by atoms with Crippen molar-refractivity contribution in [3.63, 3.8) is 0 Å². The molecule has 1 aliphatic heterocycles. The molecule has 1 amide bonds. The Balaban J connectivity index is 1.70. The summed E-state index contributed by atoms with van der Waals surface area (Å²) in [5.41, 5.74) is 0. The Bertz CT molecular complexity index is 358. The van der Waals surface area contributed by atoms with Crippen molar-refractivity contribution >= 4 is 5.91 Å². The molecule has 0 aromatic carbocycles. The first-order chi connectivity index (χ1) is 8.79. The second-order valence-electron chi connectivity index (χ2n) is 4.47. The third-order valence-electron chi connectivity index (χ3n) is 3.26. The van der Waals surface area contributed by atoms with E-state index in [9.17, 15) is 4.79 Å². The molecular formula is C12H20N4O2. The third kappa shape index (κ3) is 3.54. The summed E-state index contributed by atoms with van der Waals surface area (Å²) in [7, 11) is 0. The molecule has 1 aromatic heterocycles. The van der Waals surface area contributed by atoms with Crippen LogP contribution in [-0.2, 0) is 11.3 Å². The Morgan fingerprint density at radius 3 is 2.61 bits per heavy atom. The average molecular weight is 252 g/mol. The molecule has 1 N–H and O–H groups in total. The normalized spacial score (nSPS) is 17.1. The number of β-amino-alcohol motifs (C(OH)–C–C–N with tert-alkyl or cyclic N) is 1. The highest BCUT2D eigenvalue weighted by Crippen LogP contribution is 2.04. The van der Waals surface area contributed by atoms with Gasteiger partial charge in [-0.25, -0.2) is 0 Å². The minimum absolute atomic E-state index is 0.188. The number of nitrogens with zero attached hydrogens (tertiary/aromatic N) is 4. The molecule has 2 rings (SSSR count). The molecule has 1 aromatic rings. The van der Waals surface area contributed by atoms with Crippen molar-refractivity contribution < 1.29 is 9.90 Å². The zero-order valence-corrected chi connectivity index (χ0v) is 10.5. The number of carbonyl (C=O) groups excluding carboxylic acids is 1. The Morgan fingerprint density at radius 2 is 2.00 bits per heavy atom. The lowest BCUT2D eigenvalue weighted by molar-refractivity contribution is -0.133. The molecule has 0 aliphatic carbocycles. The molecule has 100 valence electrons. The molecule has 6 heteroatoms. The fourth-order valence-corrected chi connectivity index (χ4v) is 2.16. The van der Waals surface area contributed by atoms with Gasteiger partial charge in [0, 0.05) is 58.1 Å². The van der Waals surface area contributed by atoms with Crippen LogP contribution < -0.4 is 0 Å². The van der Waals surface area contributed by atoms with Crippen molar-refractivity contribution in [2.24, 2.45) is 0 Å². The van der Waals surface area contributed by atoms with Gasteiger partial charge in [0.25, 0.3) is 0 Å². The first-order valence-corrected chi connectivity index (χ1v) is 6.38. The minimum atomic E-state index is 0.188. The number of piperazine rings is 1. The lowest BCUT2D eigenvalue weighted by Crippen LogP contribution is -2.49. The Hall–Kier alpha value is -1.40. The summed E-state index contributed by atoms with van der Waals surface area (Å²) < 4.78 is 1.78. The average Bonchev–Trinajstić information content (AvgIpc) is 2.90. The number of aliphatic hydroxyl groups is 1. The zero-order valence-electron chi connectivity index (χ0n) is 10.5. The van der Waals surface area contributed by atoms with Crippen LogP contribution in [0.1, 0.15) is 6.42 Å². The van der Waals surface area contributed by atoms with E-state index in [2.05, 4.69) is 10.00 Å². The fourth-order valence-electron chi connectivity index (χ4n) is 2.16. The number of amides is 1. The third-order valence-corrected chi connectivity index (χ3v) is 3.26. The Kier molecular flexibility index (Phi) is 4.72. The first kappa shape index (κ1) is 13.0. The van der Waals surface area contributed by atoms with Gasteiger partial charge >= 0.3 is 0 Å². The van der Waals surface area contributed by atoms with E-state index in [0.717, 1.165) is 26.2 Å². The van der Waals surface area contributed by atoms with Crippen molar-refractivity contribution in [2.75, 3.05) is 39.3 Å². The van der Waals surface area contributed by atoms with Crippen molar-refractivity contribution in [3.05, 3.63) is 18.5 Å². The van der Waals surface area contributed by atoms with Crippen LogP contribution in [0, 0.1) is 0 Å². The molecular weight excluding hydrogens is 232 g/mol. The predicted molar refractivity (Wildman–Crippen MR) is 66.9 cm³/mol. The van der Waals surface area contributed by atoms with Gasteiger partial charge in [-0.3, -0.25) is 14.4 Å². The standard InChI is InChI=1S/C12H20N4O2/c17-11-10-14-6-8-15(9-7-14)12(18)2-5-16-4-1-3-13-16/h1,3-4,17H,2,5-11H2. The van der Waals surface area contributed by atoms with Gasteiger partial charge in [0.2, 0.25) is 5.91 Å². The van der Waals surface area contributed by atoms with E-state index >= 15 is 0 Å². The number of carbonyl (C=O) groups is 1. The van der Waals surface area contributed by atoms with Crippen LogP contribution in [0.3, 0.4) is 0 Å². The van der Waals surface area contributed by atoms with Crippen LogP contribution in [0.15, 0.2) is 18.5 Å². The van der Waals surface area contributed by atoms with Gasteiger partial charge in [0.1, 0.15) is 0 Å². The van der Waals surface area contributed by atoms with Gasteiger partial charge in [-0.1, -0.05) is 0 Å². The summed E-state index contributed by atoms with van der Waals surface area (Å²) in [5.74, 6) is 0.189. The van der Waals surface area contributed by atoms with Gasteiger partial charge < -0.3 is 10.0 Å². The molecule has 1 saturated heterocycles. The summed E-state index contributed by atoms with van der Waals surface area (Å²) in [4.78, 5) is 16.1. The van der Waals surface area contributed by atoms with Crippen molar-refractivity contribution in [3.8, 4) is 0 Å². The van der Waals surface area contributed by atoms with Gasteiger partial charge in [0.05, 0.1) is 6.61 Å². The van der Waals surface area contributed by atoms with Crippen LogP contribution in [0.25, 0.3) is 0 Å². The number of aryl methyl sites for hydroxylation is 1. The smallest absolute Gasteiger partial charge is 0.224 e. The summed E-state index contributed by atoms with van der Waals surface area (Å²) in [5, 5.41) is 12.9. The van der Waals surface area contributed by atoms with Gasteiger partial charge in [-0.15, -0.1) is 0 Å². The number of hydrogen-bond donors (Lipinski definition) is 1. The lowest BCUT2D eigenvalue weighted by atomic mass is 10.2. The quantitative estimate of drug-likeness (QED) is 0.761. The summed E-state index contributed by atoms with van der Waals surface area (Å²) in [6.07, 6.45) is 4.09. The second kappa shape index (κ2) is 6.51. The van der Waals surface area contributed by atoms with Crippen LogP contribution in [0.5, 0.6) is 0 Å². The van der Waals surface area contributed by atoms with Gasteiger partial charge in [0.15, 0.2) is 0 Å². The molecule has 6 nitrogen and oxygen atoms in total. The highest BCUT2D eigenvalue weighted by Gasteiger charge is 2.20. The highest BCUT2D eigenvalue weighted by molar-refractivity contribution is 5.76. The van der Waals surface area contributed by atoms with Crippen LogP contribution in [0.4, 0.5) is 0 Å². The molecule has 0 spiro atoms. The monoisotopic (exact) mass is 252 g/mol. The maximum atomic E-state index is 12.0. The van der Waals surface area contributed by atoms with E-state index in [1.54, 1.807) is 10.9 Å². The highest BCUT2D eigenvalue weighted by atomic mass is 16.3. The van der Waals surface area contributed by atoms with Crippen LogP contribution in [0.2, 0.25) is 0 Å². The molecule has 0 unspecified atom stereocenters. The Morgan fingerprint density at radius 1 is 1.22 bits per heavy atom. The summed E-state index contributed by atoms with van der Waals surface area (Å²) >= 11 is 0. The molecule has 18 heavy (non-hydrogen) atoms. The largest absolute Gasteiger partial charge is 0.395 e. The molecule has 1 aliphatic rings. The van der Waals surface area contributed by atoms with Gasteiger partial charge in [-0.2, -0.15) is 5.10 Å². The van der Waals surface area contributed by atoms with Crippen LogP contribution >= 0.6 is 0 Å². The van der Waals surface area contributed by atoms with E-state index < -0.39 is 0 Å². The van der Waals surface area contributed by atoms with E-state index in [-0.39, 0.29) is 12.5 Å². The molecule has 0 saturated carbocycles. The minimum Gasteiger partial charge on any atom is -0.395 e. The Labute approximate surface area is 107 Å². The maximum Gasteiger partial charge on any atom is 0.224 e.